The molecule has 0 saturated carbocycles. The van der Waals surface area contributed by atoms with Crippen molar-refractivity contribution in [1.29, 1.82) is 0 Å². The van der Waals surface area contributed by atoms with Crippen LogP contribution in [-0.2, 0) is 17.6 Å². The third kappa shape index (κ3) is 2.65. The van der Waals surface area contributed by atoms with Crippen LogP contribution in [0.3, 0.4) is 0 Å². The lowest BCUT2D eigenvalue weighted by Gasteiger charge is -2.33. The summed E-state index contributed by atoms with van der Waals surface area (Å²) >= 11 is 1.51. The van der Waals surface area contributed by atoms with Crippen LogP contribution in [-0.4, -0.2) is 47.6 Å². The van der Waals surface area contributed by atoms with E-state index in [0.29, 0.717) is 13.0 Å². The molecule has 6 heteroatoms. The van der Waals surface area contributed by atoms with Gasteiger partial charge in [0.05, 0.1) is 4.88 Å². The molecule has 1 aromatic heterocycles. The first-order valence-electron chi connectivity index (χ1n) is 8.93. The van der Waals surface area contributed by atoms with Crippen LogP contribution in [0.25, 0.3) is 0 Å². The zero-order valence-electron chi connectivity index (χ0n) is 13.8. The fourth-order valence-electron chi connectivity index (χ4n) is 4.64. The van der Waals surface area contributed by atoms with Gasteiger partial charge in [-0.25, -0.2) is 4.79 Å². The SMILES string of the molecule is O=C(O)[C@@H]1CC2(CCNCC2)CN1C(=O)c1scc2c1CCCC2. The first-order valence-corrected chi connectivity index (χ1v) is 9.81. The van der Waals surface area contributed by atoms with Crippen LogP contribution in [0.5, 0.6) is 0 Å². The molecule has 2 aliphatic heterocycles. The Bertz CT molecular complexity index is 663. The van der Waals surface area contributed by atoms with Crippen molar-refractivity contribution < 1.29 is 14.7 Å². The first kappa shape index (κ1) is 16.1. The van der Waals surface area contributed by atoms with Crippen molar-refractivity contribution in [2.75, 3.05) is 19.6 Å². The number of amides is 1. The lowest BCUT2D eigenvalue weighted by atomic mass is 9.77. The molecular weight excluding hydrogens is 324 g/mol. The molecule has 1 spiro atoms. The van der Waals surface area contributed by atoms with Gasteiger partial charge in [0.15, 0.2) is 0 Å². The number of hydrogen-bond acceptors (Lipinski definition) is 4. The summed E-state index contributed by atoms with van der Waals surface area (Å²) in [5, 5.41) is 15.1. The average Bonchev–Trinajstić information content (AvgIpc) is 3.17. The smallest absolute Gasteiger partial charge is 0.326 e. The summed E-state index contributed by atoms with van der Waals surface area (Å²) in [6.07, 6.45) is 6.85. The van der Waals surface area contributed by atoms with Crippen LogP contribution < -0.4 is 5.32 Å². The van der Waals surface area contributed by atoms with Gasteiger partial charge in [-0.05, 0) is 80.0 Å². The third-order valence-corrected chi connectivity index (χ3v) is 7.08. The number of carboxylic acids is 1. The highest BCUT2D eigenvalue weighted by Gasteiger charge is 2.49. The van der Waals surface area contributed by atoms with E-state index in [9.17, 15) is 14.7 Å². The second-order valence-corrected chi connectivity index (χ2v) is 8.40. The van der Waals surface area contributed by atoms with Gasteiger partial charge >= 0.3 is 5.97 Å². The van der Waals surface area contributed by atoms with E-state index in [1.54, 1.807) is 4.90 Å². The summed E-state index contributed by atoms with van der Waals surface area (Å²) in [6.45, 7) is 2.43. The van der Waals surface area contributed by atoms with E-state index in [0.717, 1.165) is 50.1 Å². The summed E-state index contributed by atoms with van der Waals surface area (Å²) in [5.74, 6) is -0.907. The lowest BCUT2D eigenvalue weighted by Crippen LogP contribution is -2.42. The number of fused-ring (bicyclic) bond motifs is 1. The van der Waals surface area contributed by atoms with Crippen molar-refractivity contribution in [3.8, 4) is 0 Å². The molecule has 0 aromatic carbocycles. The van der Waals surface area contributed by atoms with E-state index >= 15 is 0 Å². The first-order chi connectivity index (χ1) is 11.6. The number of aliphatic carboxylic acids is 1. The quantitative estimate of drug-likeness (QED) is 0.860. The topological polar surface area (TPSA) is 69.6 Å². The minimum Gasteiger partial charge on any atom is -0.480 e. The van der Waals surface area contributed by atoms with Crippen LogP contribution >= 0.6 is 11.3 Å². The molecule has 24 heavy (non-hydrogen) atoms. The Morgan fingerprint density at radius 2 is 2.00 bits per heavy atom. The number of carboxylic acid groups (broad SMARTS) is 1. The van der Waals surface area contributed by atoms with E-state index in [-0.39, 0.29) is 11.3 Å². The lowest BCUT2D eigenvalue weighted by molar-refractivity contribution is -0.141. The molecule has 5 nitrogen and oxygen atoms in total. The fourth-order valence-corrected chi connectivity index (χ4v) is 5.75. The molecular formula is C18H24N2O3S. The van der Waals surface area contributed by atoms with E-state index in [1.807, 2.05) is 0 Å². The summed E-state index contributed by atoms with van der Waals surface area (Å²) < 4.78 is 0. The molecule has 1 amide bonds. The second kappa shape index (κ2) is 6.15. The Kier molecular flexibility index (Phi) is 4.12. The standard InChI is InChI=1S/C18H24N2O3S/c21-16(15-13-4-2-1-3-12(13)10-24-15)20-11-18(5-7-19-8-6-18)9-14(20)17(22)23/h10,14,19H,1-9,11H2,(H,22,23)/t14-/m0/s1. The number of nitrogens with one attached hydrogen (secondary N) is 1. The molecule has 2 saturated heterocycles. The minimum atomic E-state index is -0.857. The molecule has 2 N–H and O–H groups in total. The third-order valence-electron chi connectivity index (χ3n) is 6.02. The van der Waals surface area contributed by atoms with Crippen LogP contribution in [0, 0.1) is 5.41 Å². The number of nitrogens with zero attached hydrogens (tertiary/aromatic N) is 1. The predicted octanol–water partition coefficient (Wildman–Crippen LogP) is 2.30. The number of carbonyl (C=O) groups is 2. The van der Waals surface area contributed by atoms with Gasteiger partial charge in [0.1, 0.15) is 6.04 Å². The number of aryl methyl sites for hydroxylation is 1. The summed E-state index contributed by atoms with van der Waals surface area (Å²) in [4.78, 5) is 27.4. The fraction of sp³-hybridized carbons (Fsp3) is 0.667. The molecule has 3 aliphatic rings. The maximum Gasteiger partial charge on any atom is 0.326 e. The van der Waals surface area contributed by atoms with Gasteiger partial charge in [-0.1, -0.05) is 0 Å². The van der Waals surface area contributed by atoms with E-state index in [4.69, 9.17) is 0 Å². The van der Waals surface area contributed by atoms with Gasteiger partial charge in [-0.15, -0.1) is 11.3 Å². The monoisotopic (exact) mass is 348 g/mol. The van der Waals surface area contributed by atoms with Gasteiger partial charge in [0, 0.05) is 6.54 Å². The van der Waals surface area contributed by atoms with E-state index in [2.05, 4.69) is 10.7 Å². The zero-order chi connectivity index (χ0) is 16.7. The Balaban J connectivity index is 1.62. The summed E-state index contributed by atoms with van der Waals surface area (Å²) in [6, 6.07) is -0.669. The largest absolute Gasteiger partial charge is 0.480 e. The van der Waals surface area contributed by atoms with Crippen molar-refractivity contribution in [3.63, 3.8) is 0 Å². The Morgan fingerprint density at radius 3 is 2.75 bits per heavy atom. The summed E-state index contributed by atoms with van der Waals surface area (Å²) in [5.41, 5.74) is 2.48. The van der Waals surface area contributed by atoms with E-state index in [1.165, 1.54) is 28.9 Å². The molecule has 0 bridgehead atoms. The van der Waals surface area contributed by atoms with Crippen molar-refractivity contribution in [3.05, 3.63) is 21.4 Å². The van der Waals surface area contributed by atoms with Gasteiger partial charge in [-0.3, -0.25) is 4.79 Å². The Hall–Kier alpha value is -1.40. The van der Waals surface area contributed by atoms with Gasteiger partial charge in [0.2, 0.25) is 0 Å². The maximum atomic E-state index is 13.2. The van der Waals surface area contributed by atoms with Crippen molar-refractivity contribution in [1.82, 2.24) is 10.2 Å². The van der Waals surface area contributed by atoms with Crippen LogP contribution in [0.15, 0.2) is 5.38 Å². The molecule has 130 valence electrons. The van der Waals surface area contributed by atoms with Crippen molar-refractivity contribution in [2.45, 2.75) is 51.0 Å². The minimum absolute atomic E-state index is 0.0126. The number of thiophene rings is 1. The number of rotatable bonds is 2. The molecule has 1 aromatic rings. The number of piperidine rings is 1. The molecule has 0 unspecified atom stereocenters. The number of carbonyl (C=O) groups excluding carboxylic acids is 1. The summed E-state index contributed by atoms with van der Waals surface area (Å²) in [7, 11) is 0. The zero-order valence-corrected chi connectivity index (χ0v) is 14.7. The molecule has 0 radical (unpaired) electrons. The average molecular weight is 348 g/mol. The highest BCUT2D eigenvalue weighted by Crippen LogP contribution is 2.43. The van der Waals surface area contributed by atoms with Crippen LogP contribution in [0.4, 0.5) is 0 Å². The van der Waals surface area contributed by atoms with Crippen LogP contribution in [0.1, 0.15) is 52.9 Å². The highest BCUT2D eigenvalue weighted by molar-refractivity contribution is 7.12. The molecule has 2 fully saturated rings. The molecule has 4 rings (SSSR count). The van der Waals surface area contributed by atoms with Crippen LogP contribution in [0.2, 0.25) is 0 Å². The highest BCUT2D eigenvalue weighted by atomic mass is 32.1. The van der Waals surface area contributed by atoms with Crippen molar-refractivity contribution in [2.24, 2.45) is 5.41 Å². The number of likely N-dealkylation sites (tertiary alicyclic amines) is 1. The van der Waals surface area contributed by atoms with Gasteiger partial charge in [-0.2, -0.15) is 0 Å². The Morgan fingerprint density at radius 1 is 1.25 bits per heavy atom. The maximum absolute atomic E-state index is 13.2. The molecule has 1 aliphatic carbocycles. The normalized spacial score (nSPS) is 25.7. The van der Waals surface area contributed by atoms with E-state index < -0.39 is 12.0 Å². The second-order valence-electron chi connectivity index (χ2n) is 7.52. The number of hydrogen-bond donors (Lipinski definition) is 2. The molecule has 3 heterocycles. The van der Waals surface area contributed by atoms with Crippen molar-refractivity contribution >= 4 is 23.2 Å². The van der Waals surface area contributed by atoms with Gasteiger partial charge in [0.25, 0.3) is 5.91 Å². The predicted molar refractivity (Wildman–Crippen MR) is 92.6 cm³/mol. The Labute approximate surface area is 146 Å². The van der Waals surface area contributed by atoms with Gasteiger partial charge < -0.3 is 15.3 Å². The molecule has 1 atom stereocenters.